The Bertz CT molecular complexity index is 658. The zero-order chi connectivity index (χ0) is 14.8. The van der Waals surface area contributed by atoms with E-state index in [2.05, 4.69) is 4.72 Å². The van der Waals surface area contributed by atoms with Crippen molar-refractivity contribution in [3.05, 3.63) is 23.3 Å². The van der Waals surface area contributed by atoms with Gasteiger partial charge in [-0.25, -0.2) is 26.7 Å². The third-order valence-corrected chi connectivity index (χ3v) is 4.88. The van der Waals surface area contributed by atoms with Gasteiger partial charge in [0.1, 0.15) is 0 Å². The Kier molecular flexibility index (Phi) is 4.56. The number of rotatable bonds is 5. The average molecular weight is 307 g/mol. The molecule has 0 heterocycles. The van der Waals surface area contributed by atoms with Crippen LogP contribution in [0.25, 0.3) is 0 Å². The molecule has 7 nitrogen and oxygen atoms in total. The molecule has 1 rings (SSSR count). The molecule has 108 valence electrons. The number of benzene rings is 1. The van der Waals surface area contributed by atoms with E-state index in [1.165, 1.54) is 12.1 Å². The molecule has 0 aliphatic carbocycles. The van der Waals surface area contributed by atoms with Gasteiger partial charge in [0.05, 0.1) is 10.6 Å². The Hall–Kier alpha value is -1.16. The predicted molar refractivity (Wildman–Crippen MR) is 73.5 cm³/mol. The lowest BCUT2D eigenvalue weighted by Gasteiger charge is -2.10. The number of nitrogen functional groups attached to an aromatic ring is 1. The van der Waals surface area contributed by atoms with Crippen LogP contribution in [0.3, 0.4) is 0 Å². The van der Waals surface area contributed by atoms with E-state index in [9.17, 15) is 16.8 Å². The van der Waals surface area contributed by atoms with Gasteiger partial charge in [0.15, 0.2) is 0 Å². The molecule has 0 unspecified atom stereocenters. The fraction of sp³-hybridized carbons (Fsp3) is 0.400. The first kappa shape index (κ1) is 15.9. The van der Waals surface area contributed by atoms with Crippen LogP contribution in [0.5, 0.6) is 0 Å². The number of nitrogens with one attached hydrogen (secondary N) is 1. The van der Waals surface area contributed by atoms with Gasteiger partial charge in [-0.3, -0.25) is 0 Å². The second-order valence-corrected chi connectivity index (χ2v) is 7.72. The first-order valence-electron chi connectivity index (χ1n) is 5.40. The standard InChI is InChI=1S/C10H17N3O4S2/c1-7-5-9(6-10(11)8(7)2)19(16,17)13-3-4-18(12,14)15/h5-6,13H,3-4,11H2,1-2H3,(H2,12,14,15). The minimum Gasteiger partial charge on any atom is -0.398 e. The summed E-state index contributed by atoms with van der Waals surface area (Å²) in [5, 5.41) is 4.79. The van der Waals surface area contributed by atoms with Crippen LogP contribution in [0.2, 0.25) is 0 Å². The van der Waals surface area contributed by atoms with Crippen LogP contribution < -0.4 is 15.6 Å². The average Bonchev–Trinajstić information content (AvgIpc) is 2.22. The molecule has 9 heteroatoms. The van der Waals surface area contributed by atoms with E-state index < -0.39 is 25.8 Å². The zero-order valence-corrected chi connectivity index (χ0v) is 12.3. The first-order valence-corrected chi connectivity index (χ1v) is 8.59. The smallest absolute Gasteiger partial charge is 0.240 e. The molecular formula is C10H17N3O4S2. The van der Waals surface area contributed by atoms with Gasteiger partial charge in [-0.15, -0.1) is 0 Å². The Labute approximate surface area is 113 Å². The Morgan fingerprint density at radius 3 is 2.21 bits per heavy atom. The van der Waals surface area contributed by atoms with Crippen LogP contribution in [0, 0.1) is 13.8 Å². The zero-order valence-electron chi connectivity index (χ0n) is 10.7. The fourth-order valence-corrected chi connectivity index (χ4v) is 3.08. The molecule has 0 radical (unpaired) electrons. The van der Waals surface area contributed by atoms with E-state index >= 15 is 0 Å². The lowest BCUT2D eigenvalue weighted by atomic mass is 10.1. The summed E-state index contributed by atoms with van der Waals surface area (Å²) in [5.74, 6) is -0.466. The van der Waals surface area contributed by atoms with Crippen LogP contribution in [0.15, 0.2) is 17.0 Å². The van der Waals surface area contributed by atoms with E-state index in [0.717, 1.165) is 11.1 Å². The molecule has 0 atom stereocenters. The van der Waals surface area contributed by atoms with Gasteiger partial charge >= 0.3 is 0 Å². The monoisotopic (exact) mass is 307 g/mol. The minimum absolute atomic E-state index is 0.00233. The lowest BCUT2D eigenvalue weighted by Crippen LogP contribution is -2.31. The van der Waals surface area contributed by atoms with E-state index in [4.69, 9.17) is 10.9 Å². The van der Waals surface area contributed by atoms with Crippen molar-refractivity contribution in [2.45, 2.75) is 18.7 Å². The van der Waals surface area contributed by atoms with Crippen molar-refractivity contribution in [1.82, 2.24) is 4.72 Å². The first-order chi connectivity index (χ1) is 8.53. The molecule has 0 aliphatic rings. The highest BCUT2D eigenvalue weighted by Crippen LogP contribution is 2.21. The van der Waals surface area contributed by atoms with Crippen LogP contribution >= 0.6 is 0 Å². The number of primary sulfonamides is 1. The minimum atomic E-state index is -3.79. The number of aryl methyl sites for hydroxylation is 1. The molecular weight excluding hydrogens is 290 g/mol. The van der Waals surface area contributed by atoms with Gasteiger partial charge in [-0.1, -0.05) is 0 Å². The summed E-state index contributed by atoms with van der Waals surface area (Å²) in [6.45, 7) is 3.25. The Morgan fingerprint density at radius 2 is 1.74 bits per heavy atom. The van der Waals surface area contributed by atoms with Crippen LogP contribution in [-0.4, -0.2) is 29.1 Å². The highest BCUT2D eigenvalue weighted by atomic mass is 32.2. The predicted octanol–water partition coefficient (Wildman–Crippen LogP) is -0.548. The summed E-state index contributed by atoms with van der Waals surface area (Å²) < 4.78 is 47.5. The molecule has 0 saturated carbocycles. The summed E-state index contributed by atoms with van der Waals surface area (Å²) in [7, 11) is -7.50. The molecule has 0 saturated heterocycles. The van der Waals surface area contributed by atoms with Crippen molar-refractivity contribution < 1.29 is 16.8 Å². The normalized spacial score (nSPS) is 12.6. The summed E-state index contributed by atoms with van der Waals surface area (Å²) in [4.78, 5) is 0.00233. The van der Waals surface area contributed by atoms with Gasteiger partial charge in [0, 0.05) is 12.2 Å². The van der Waals surface area contributed by atoms with Gasteiger partial charge in [0.25, 0.3) is 0 Å². The van der Waals surface area contributed by atoms with Crippen molar-refractivity contribution in [2.24, 2.45) is 5.14 Å². The van der Waals surface area contributed by atoms with E-state index in [-0.39, 0.29) is 11.4 Å². The summed E-state index contributed by atoms with van der Waals surface area (Å²) in [6.07, 6.45) is 0. The summed E-state index contributed by atoms with van der Waals surface area (Å²) in [6, 6.07) is 2.81. The van der Waals surface area contributed by atoms with E-state index in [1.807, 2.05) is 0 Å². The van der Waals surface area contributed by atoms with Crippen LogP contribution in [0.1, 0.15) is 11.1 Å². The fourth-order valence-electron chi connectivity index (χ4n) is 1.41. The molecule has 0 amide bonds. The molecule has 0 fully saturated rings. The number of sulfonamides is 2. The van der Waals surface area contributed by atoms with E-state index in [0.29, 0.717) is 5.69 Å². The lowest BCUT2D eigenvalue weighted by molar-refractivity contribution is 0.581. The summed E-state index contributed by atoms with van der Waals surface area (Å²) in [5.41, 5.74) is 7.63. The van der Waals surface area contributed by atoms with E-state index in [1.54, 1.807) is 13.8 Å². The molecule has 0 spiro atoms. The SMILES string of the molecule is Cc1cc(S(=O)(=O)NCCS(N)(=O)=O)cc(N)c1C. The molecule has 1 aromatic rings. The van der Waals surface area contributed by atoms with Crippen molar-refractivity contribution in [1.29, 1.82) is 0 Å². The second kappa shape index (κ2) is 5.45. The number of nitrogens with two attached hydrogens (primary N) is 2. The quantitative estimate of drug-likeness (QED) is 0.628. The largest absolute Gasteiger partial charge is 0.398 e. The van der Waals surface area contributed by atoms with Crippen LogP contribution in [-0.2, 0) is 20.0 Å². The van der Waals surface area contributed by atoms with Gasteiger partial charge in [-0.05, 0) is 37.1 Å². The molecule has 5 N–H and O–H groups in total. The molecule has 0 aliphatic heterocycles. The second-order valence-electron chi connectivity index (χ2n) is 4.22. The maximum atomic E-state index is 11.9. The van der Waals surface area contributed by atoms with Gasteiger partial charge in [0.2, 0.25) is 20.0 Å². The van der Waals surface area contributed by atoms with Crippen LogP contribution in [0.4, 0.5) is 5.69 Å². The maximum absolute atomic E-state index is 11.9. The number of hydrogen-bond donors (Lipinski definition) is 3. The van der Waals surface area contributed by atoms with Crippen molar-refractivity contribution >= 4 is 25.7 Å². The third-order valence-electron chi connectivity index (χ3n) is 2.67. The highest BCUT2D eigenvalue weighted by Gasteiger charge is 2.16. The summed E-state index contributed by atoms with van der Waals surface area (Å²) >= 11 is 0. The topological polar surface area (TPSA) is 132 Å². The van der Waals surface area contributed by atoms with Crippen molar-refractivity contribution in [2.75, 3.05) is 18.0 Å². The molecule has 0 aromatic heterocycles. The van der Waals surface area contributed by atoms with Gasteiger partial charge < -0.3 is 5.73 Å². The molecule has 0 bridgehead atoms. The van der Waals surface area contributed by atoms with Crippen molar-refractivity contribution in [3.63, 3.8) is 0 Å². The maximum Gasteiger partial charge on any atom is 0.240 e. The Balaban J connectivity index is 2.95. The molecule has 1 aromatic carbocycles. The molecule has 19 heavy (non-hydrogen) atoms. The highest BCUT2D eigenvalue weighted by molar-refractivity contribution is 7.90. The van der Waals surface area contributed by atoms with Gasteiger partial charge in [-0.2, -0.15) is 0 Å². The number of hydrogen-bond acceptors (Lipinski definition) is 5. The third kappa shape index (κ3) is 4.46. The number of anilines is 1. The van der Waals surface area contributed by atoms with Crippen molar-refractivity contribution in [3.8, 4) is 0 Å². The Morgan fingerprint density at radius 1 is 1.16 bits per heavy atom.